The molecule has 2 heteroatoms. The first-order valence-corrected chi connectivity index (χ1v) is 9.37. The van der Waals surface area contributed by atoms with Crippen LogP contribution in [0.2, 0.25) is 0 Å². The minimum Gasteiger partial charge on any atom is -0.261 e. The molecule has 0 saturated carbocycles. The number of nitrogens with zero attached hydrogens (tertiary/aromatic N) is 2. The van der Waals surface area contributed by atoms with Crippen LogP contribution in [-0.4, -0.2) is 4.98 Å². The molecule has 0 amide bonds. The van der Waals surface area contributed by atoms with E-state index in [4.69, 9.17) is 0 Å². The molecule has 0 saturated heterocycles. The molecule has 27 heavy (non-hydrogen) atoms. The lowest BCUT2D eigenvalue weighted by molar-refractivity contribution is -0.659. The molecule has 2 heterocycles. The van der Waals surface area contributed by atoms with Gasteiger partial charge >= 0.3 is 0 Å². The van der Waals surface area contributed by atoms with Gasteiger partial charge in [0.2, 0.25) is 5.69 Å². The van der Waals surface area contributed by atoms with Crippen molar-refractivity contribution >= 4 is 10.8 Å². The van der Waals surface area contributed by atoms with Crippen molar-refractivity contribution in [1.29, 1.82) is 0 Å². The number of pyridine rings is 2. The summed E-state index contributed by atoms with van der Waals surface area (Å²) in [4.78, 5) is 4.49. The second-order valence-corrected chi connectivity index (χ2v) is 7.52. The van der Waals surface area contributed by atoms with Gasteiger partial charge in [-0.3, -0.25) is 4.98 Å². The third kappa shape index (κ3) is 3.12. The SMILES string of the molecule is Cc1cc(C)c(C)c(-c2cc3c(-c4ccc(C)nc4)cccc3c[n+]2C)c1. The number of aromatic nitrogens is 2. The summed E-state index contributed by atoms with van der Waals surface area (Å²) in [5, 5.41) is 2.50. The van der Waals surface area contributed by atoms with Gasteiger partial charge in [0.25, 0.3) is 0 Å². The summed E-state index contributed by atoms with van der Waals surface area (Å²) in [6.45, 7) is 8.59. The van der Waals surface area contributed by atoms with Crippen molar-refractivity contribution in [3.8, 4) is 22.4 Å². The number of hydrogen-bond donors (Lipinski definition) is 0. The summed E-state index contributed by atoms with van der Waals surface area (Å²) >= 11 is 0. The van der Waals surface area contributed by atoms with E-state index in [0.717, 1.165) is 11.3 Å². The van der Waals surface area contributed by atoms with Gasteiger partial charge in [-0.2, -0.15) is 0 Å². The van der Waals surface area contributed by atoms with Crippen LogP contribution in [0.25, 0.3) is 33.2 Å². The van der Waals surface area contributed by atoms with Crippen LogP contribution in [0.1, 0.15) is 22.4 Å². The fourth-order valence-electron chi connectivity index (χ4n) is 3.83. The minimum absolute atomic E-state index is 1.04. The van der Waals surface area contributed by atoms with Crippen molar-refractivity contribution in [2.24, 2.45) is 7.05 Å². The molecule has 0 spiro atoms. The highest BCUT2D eigenvalue weighted by molar-refractivity contribution is 5.97. The van der Waals surface area contributed by atoms with Crippen LogP contribution in [0, 0.1) is 27.7 Å². The molecule has 0 atom stereocenters. The first-order chi connectivity index (χ1) is 12.9. The highest BCUT2D eigenvalue weighted by Crippen LogP contribution is 2.32. The molecule has 2 nitrogen and oxygen atoms in total. The fourth-order valence-corrected chi connectivity index (χ4v) is 3.83. The number of rotatable bonds is 2. The van der Waals surface area contributed by atoms with Crippen molar-refractivity contribution in [2.45, 2.75) is 27.7 Å². The highest BCUT2D eigenvalue weighted by Gasteiger charge is 2.17. The van der Waals surface area contributed by atoms with Gasteiger partial charge in [-0.25, -0.2) is 4.57 Å². The zero-order valence-electron chi connectivity index (χ0n) is 16.7. The number of benzene rings is 2. The summed E-state index contributed by atoms with van der Waals surface area (Å²) in [6.07, 6.45) is 4.20. The van der Waals surface area contributed by atoms with Crippen molar-refractivity contribution in [2.75, 3.05) is 0 Å². The molecular weight excluding hydrogens is 328 g/mol. The Balaban J connectivity index is 2.00. The fraction of sp³-hybridized carbons (Fsp3) is 0.200. The first kappa shape index (κ1) is 17.4. The van der Waals surface area contributed by atoms with Crippen molar-refractivity contribution in [3.63, 3.8) is 0 Å². The molecule has 2 aromatic heterocycles. The van der Waals surface area contributed by atoms with E-state index >= 15 is 0 Å². The van der Waals surface area contributed by atoms with E-state index in [1.807, 2.05) is 13.1 Å². The van der Waals surface area contributed by atoms with Gasteiger partial charge in [0.05, 0.1) is 0 Å². The molecule has 4 rings (SSSR count). The molecule has 0 aliphatic heterocycles. The van der Waals surface area contributed by atoms with Crippen LogP contribution in [0.5, 0.6) is 0 Å². The summed E-state index contributed by atoms with van der Waals surface area (Å²) in [5.41, 5.74) is 9.92. The van der Waals surface area contributed by atoms with Crippen molar-refractivity contribution in [3.05, 3.63) is 83.3 Å². The Hall–Kier alpha value is -3.00. The van der Waals surface area contributed by atoms with E-state index in [0.29, 0.717) is 0 Å². The van der Waals surface area contributed by atoms with Gasteiger partial charge in [-0.1, -0.05) is 29.8 Å². The van der Waals surface area contributed by atoms with Crippen molar-refractivity contribution in [1.82, 2.24) is 4.98 Å². The first-order valence-electron chi connectivity index (χ1n) is 9.37. The Kier molecular flexibility index (Phi) is 4.27. The minimum atomic E-state index is 1.04. The Bertz CT molecular complexity index is 1160. The molecule has 4 aromatic rings. The summed E-state index contributed by atoms with van der Waals surface area (Å²) in [5.74, 6) is 0. The smallest absolute Gasteiger partial charge is 0.213 e. The Morgan fingerprint density at radius 1 is 0.852 bits per heavy atom. The molecule has 0 bridgehead atoms. The maximum Gasteiger partial charge on any atom is 0.213 e. The predicted molar refractivity (Wildman–Crippen MR) is 113 cm³/mol. The molecule has 0 N–H and O–H groups in total. The van der Waals surface area contributed by atoms with Gasteiger partial charge in [-0.05, 0) is 62.6 Å². The van der Waals surface area contributed by atoms with E-state index in [-0.39, 0.29) is 0 Å². The maximum absolute atomic E-state index is 4.49. The third-order valence-corrected chi connectivity index (χ3v) is 5.44. The number of aryl methyl sites for hydroxylation is 4. The van der Waals surface area contributed by atoms with Crippen LogP contribution in [0.15, 0.2) is 60.9 Å². The molecule has 0 unspecified atom stereocenters. The Labute approximate surface area is 161 Å². The van der Waals surface area contributed by atoms with E-state index in [1.54, 1.807) is 0 Å². The molecule has 0 radical (unpaired) electrons. The monoisotopic (exact) mass is 353 g/mol. The topological polar surface area (TPSA) is 16.8 Å². The van der Waals surface area contributed by atoms with Crippen molar-refractivity contribution < 1.29 is 4.57 Å². The van der Waals surface area contributed by atoms with Crippen LogP contribution >= 0.6 is 0 Å². The molecule has 0 aliphatic carbocycles. The van der Waals surface area contributed by atoms with Crippen LogP contribution in [-0.2, 0) is 7.05 Å². The average molecular weight is 353 g/mol. The lowest BCUT2D eigenvalue weighted by Gasteiger charge is -2.12. The van der Waals surface area contributed by atoms with E-state index in [2.05, 4.69) is 92.1 Å². The average Bonchev–Trinajstić information content (AvgIpc) is 2.64. The lowest BCUT2D eigenvalue weighted by atomic mass is 9.94. The second kappa shape index (κ2) is 6.62. The van der Waals surface area contributed by atoms with Gasteiger partial charge < -0.3 is 0 Å². The van der Waals surface area contributed by atoms with Crippen LogP contribution in [0.4, 0.5) is 0 Å². The molecule has 2 aromatic carbocycles. The van der Waals surface area contributed by atoms with Gasteiger partial charge in [-0.15, -0.1) is 0 Å². The van der Waals surface area contributed by atoms with Gasteiger partial charge in [0, 0.05) is 39.9 Å². The summed E-state index contributed by atoms with van der Waals surface area (Å²) in [7, 11) is 2.13. The summed E-state index contributed by atoms with van der Waals surface area (Å²) in [6, 6.07) is 17.6. The van der Waals surface area contributed by atoms with E-state index in [9.17, 15) is 0 Å². The standard InChI is InChI=1S/C25H25N2/c1-16-11-17(2)19(4)23(12-16)25-13-24-21(15-27(25)5)7-6-8-22(24)20-10-9-18(3)26-14-20/h6-15H,1-5H3/q+1. The second-order valence-electron chi connectivity index (χ2n) is 7.52. The number of fused-ring (bicyclic) bond motifs is 1. The molecule has 134 valence electrons. The predicted octanol–water partition coefficient (Wildman–Crippen LogP) is 5.63. The zero-order valence-corrected chi connectivity index (χ0v) is 16.7. The largest absolute Gasteiger partial charge is 0.261 e. The Morgan fingerprint density at radius 3 is 2.41 bits per heavy atom. The molecule has 0 aliphatic rings. The van der Waals surface area contributed by atoms with E-state index in [1.165, 1.54) is 44.3 Å². The number of hydrogen-bond acceptors (Lipinski definition) is 1. The highest BCUT2D eigenvalue weighted by atomic mass is 14.9. The van der Waals surface area contributed by atoms with Gasteiger partial charge in [0.1, 0.15) is 7.05 Å². The molecule has 0 fully saturated rings. The maximum atomic E-state index is 4.49. The van der Waals surface area contributed by atoms with Crippen LogP contribution in [0.3, 0.4) is 0 Å². The zero-order chi connectivity index (χ0) is 19.1. The lowest BCUT2D eigenvalue weighted by Crippen LogP contribution is -2.30. The van der Waals surface area contributed by atoms with Gasteiger partial charge in [0.15, 0.2) is 6.20 Å². The molecular formula is C25H25N2+. The van der Waals surface area contributed by atoms with Crippen LogP contribution < -0.4 is 4.57 Å². The quantitative estimate of drug-likeness (QED) is 0.427. The van der Waals surface area contributed by atoms with E-state index < -0.39 is 0 Å². The normalized spacial score (nSPS) is 11.1. The summed E-state index contributed by atoms with van der Waals surface area (Å²) < 4.78 is 2.24. The Morgan fingerprint density at radius 2 is 1.67 bits per heavy atom. The third-order valence-electron chi connectivity index (χ3n) is 5.44.